The van der Waals surface area contributed by atoms with E-state index < -0.39 is 11.9 Å². The van der Waals surface area contributed by atoms with Crippen molar-refractivity contribution < 1.29 is 19.1 Å². The van der Waals surface area contributed by atoms with Crippen LogP contribution in [-0.4, -0.2) is 41.5 Å². The summed E-state index contributed by atoms with van der Waals surface area (Å²) in [5.41, 5.74) is 0.438. The first-order valence-electron chi connectivity index (χ1n) is 7.01. The predicted octanol–water partition coefficient (Wildman–Crippen LogP) is 1.24. The van der Waals surface area contributed by atoms with Crippen LogP contribution in [0, 0.1) is 11.7 Å². The highest BCUT2D eigenvalue weighted by Gasteiger charge is 2.26. The highest BCUT2D eigenvalue weighted by Crippen LogP contribution is 2.16. The van der Waals surface area contributed by atoms with Gasteiger partial charge in [-0.1, -0.05) is 18.2 Å². The summed E-state index contributed by atoms with van der Waals surface area (Å²) in [7, 11) is 0. The van der Waals surface area contributed by atoms with Gasteiger partial charge in [0.25, 0.3) is 0 Å². The van der Waals surface area contributed by atoms with Crippen LogP contribution in [0.1, 0.15) is 18.4 Å². The summed E-state index contributed by atoms with van der Waals surface area (Å²) in [5, 5.41) is 11.7. The van der Waals surface area contributed by atoms with Gasteiger partial charge in [-0.15, -0.1) is 0 Å². The molecule has 0 bridgehead atoms. The van der Waals surface area contributed by atoms with Gasteiger partial charge >= 0.3 is 5.97 Å². The number of carboxylic acids is 1. The second-order valence-corrected chi connectivity index (χ2v) is 5.28. The van der Waals surface area contributed by atoms with Gasteiger partial charge in [0.05, 0.1) is 12.5 Å². The lowest BCUT2D eigenvalue weighted by molar-refractivity contribution is -0.144. The number of nitrogens with one attached hydrogen (secondary N) is 1. The average Bonchev–Trinajstić information content (AvgIpc) is 2.46. The number of rotatable bonds is 5. The second kappa shape index (κ2) is 7.17. The Morgan fingerprint density at radius 3 is 2.86 bits per heavy atom. The molecule has 0 aromatic heterocycles. The number of benzene rings is 1. The van der Waals surface area contributed by atoms with Crippen molar-refractivity contribution in [1.82, 2.24) is 10.2 Å². The highest BCUT2D eigenvalue weighted by atomic mass is 19.1. The quantitative estimate of drug-likeness (QED) is 0.857. The first-order valence-corrected chi connectivity index (χ1v) is 7.01. The largest absolute Gasteiger partial charge is 0.481 e. The van der Waals surface area contributed by atoms with Gasteiger partial charge in [-0.05, 0) is 25.5 Å². The number of nitrogens with zero attached hydrogens (tertiary/aromatic N) is 1. The summed E-state index contributed by atoms with van der Waals surface area (Å²) in [6.45, 7) is 1.40. The van der Waals surface area contributed by atoms with Crippen molar-refractivity contribution >= 4 is 11.9 Å². The Morgan fingerprint density at radius 2 is 2.14 bits per heavy atom. The number of likely N-dealkylation sites (tertiary alicyclic amines) is 1. The molecule has 1 atom stereocenters. The monoisotopic (exact) mass is 294 g/mol. The van der Waals surface area contributed by atoms with E-state index in [1.54, 1.807) is 18.2 Å². The standard InChI is InChI=1S/C15H19FN2O3/c16-13-6-2-1-4-11(13)8-17-14(19)10-18-7-3-5-12(9-18)15(20)21/h1-2,4,6,12H,3,5,7-10H2,(H,17,19)(H,20,21)/t12-/m1/s1. The minimum absolute atomic E-state index is 0.141. The molecule has 2 N–H and O–H groups in total. The molecule has 2 rings (SSSR count). The Morgan fingerprint density at radius 1 is 1.38 bits per heavy atom. The van der Waals surface area contributed by atoms with Gasteiger partial charge in [0, 0.05) is 18.7 Å². The van der Waals surface area contributed by atoms with E-state index in [0.717, 1.165) is 13.0 Å². The number of hydrogen-bond donors (Lipinski definition) is 2. The lowest BCUT2D eigenvalue weighted by Crippen LogP contribution is -2.44. The van der Waals surface area contributed by atoms with Crippen molar-refractivity contribution in [1.29, 1.82) is 0 Å². The van der Waals surface area contributed by atoms with Crippen LogP contribution in [0.5, 0.6) is 0 Å². The maximum absolute atomic E-state index is 13.4. The molecular formula is C15H19FN2O3. The maximum atomic E-state index is 13.4. The summed E-state index contributed by atoms with van der Waals surface area (Å²) < 4.78 is 13.4. The Hall–Kier alpha value is -1.95. The molecule has 0 spiro atoms. The number of carboxylic acid groups (broad SMARTS) is 1. The van der Waals surface area contributed by atoms with Crippen LogP contribution < -0.4 is 5.32 Å². The van der Waals surface area contributed by atoms with Crippen LogP contribution in [0.25, 0.3) is 0 Å². The van der Waals surface area contributed by atoms with E-state index >= 15 is 0 Å². The molecular weight excluding hydrogens is 275 g/mol. The topological polar surface area (TPSA) is 69.6 Å². The molecule has 0 saturated carbocycles. The SMILES string of the molecule is O=C(CN1CCC[C@@H](C(=O)O)C1)NCc1ccccc1F. The van der Waals surface area contributed by atoms with Gasteiger partial charge < -0.3 is 10.4 Å². The molecule has 114 valence electrons. The van der Waals surface area contributed by atoms with E-state index in [4.69, 9.17) is 5.11 Å². The molecule has 1 saturated heterocycles. The number of carbonyl (C=O) groups is 2. The number of halogens is 1. The zero-order chi connectivity index (χ0) is 15.2. The number of carbonyl (C=O) groups excluding carboxylic acids is 1. The Balaban J connectivity index is 1.79. The van der Waals surface area contributed by atoms with Gasteiger partial charge in [0.1, 0.15) is 5.82 Å². The second-order valence-electron chi connectivity index (χ2n) is 5.28. The molecule has 1 heterocycles. The molecule has 6 heteroatoms. The van der Waals surface area contributed by atoms with Gasteiger partial charge in [0.2, 0.25) is 5.91 Å². The van der Waals surface area contributed by atoms with E-state index in [1.165, 1.54) is 6.07 Å². The summed E-state index contributed by atoms with van der Waals surface area (Å²) in [4.78, 5) is 24.6. The zero-order valence-corrected chi connectivity index (χ0v) is 11.7. The van der Waals surface area contributed by atoms with Crippen molar-refractivity contribution in [2.24, 2.45) is 5.92 Å². The average molecular weight is 294 g/mol. The van der Waals surface area contributed by atoms with E-state index in [1.807, 2.05) is 4.90 Å². The van der Waals surface area contributed by atoms with Crippen LogP contribution in [0.15, 0.2) is 24.3 Å². The number of hydrogen-bond acceptors (Lipinski definition) is 3. The normalized spacial score (nSPS) is 19.2. The van der Waals surface area contributed by atoms with Gasteiger partial charge in [-0.25, -0.2) is 4.39 Å². The van der Waals surface area contributed by atoms with Crippen molar-refractivity contribution in [3.05, 3.63) is 35.6 Å². The molecule has 5 nitrogen and oxygen atoms in total. The molecule has 1 fully saturated rings. The molecule has 21 heavy (non-hydrogen) atoms. The number of aliphatic carboxylic acids is 1. The fourth-order valence-electron chi connectivity index (χ4n) is 2.50. The Labute approximate surface area is 122 Å². The third-order valence-corrected chi connectivity index (χ3v) is 3.66. The molecule has 1 aliphatic heterocycles. The Bertz CT molecular complexity index is 521. The third kappa shape index (κ3) is 4.53. The summed E-state index contributed by atoms with van der Waals surface area (Å²) >= 11 is 0. The van der Waals surface area contributed by atoms with E-state index in [0.29, 0.717) is 18.5 Å². The van der Waals surface area contributed by atoms with Crippen LogP contribution in [0.4, 0.5) is 4.39 Å². The van der Waals surface area contributed by atoms with Gasteiger partial charge in [-0.3, -0.25) is 14.5 Å². The highest BCUT2D eigenvalue weighted by molar-refractivity contribution is 5.78. The molecule has 1 aromatic carbocycles. The van der Waals surface area contributed by atoms with Crippen molar-refractivity contribution in [2.75, 3.05) is 19.6 Å². The van der Waals surface area contributed by atoms with Gasteiger partial charge in [0.15, 0.2) is 0 Å². The summed E-state index contributed by atoms with van der Waals surface area (Å²) in [6, 6.07) is 6.29. The fourth-order valence-corrected chi connectivity index (χ4v) is 2.50. The van der Waals surface area contributed by atoms with Crippen LogP contribution in [-0.2, 0) is 16.1 Å². The smallest absolute Gasteiger partial charge is 0.307 e. The first-order chi connectivity index (χ1) is 10.1. The molecule has 0 unspecified atom stereocenters. The van der Waals surface area contributed by atoms with Crippen molar-refractivity contribution in [2.45, 2.75) is 19.4 Å². The maximum Gasteiger partial charge on any atom is 0.307 e. The summed E-state index contributed by atoms with van der Waals surface area (Å²) in [5.74, 6) is -1.78. The zero-order valence-electron chi connectivity index (χ0n) is 11.7. The van der Waals surface area contributed by atoms with Crippen LogP contribution in [0.2, 0.25) is 0 Å². The lowest BCUT2D eigenvalue weighted by atomic mass is 9.98. The molecule has 1 aromatic rings. The first kappa shape index (κ1) is 15.4. The molecule has 1 aliphatic rings. The minimum atomic E-state index is -0.813. The van der Waals surface area contributed by atoms with Gasteiger partial charge in [-0.2, -0.15) is 0 Å². The van der Waals surface area contributed by atoms with Crippen molar-refractivity contribution in [3.8, 4) is 0 Å². The molecule has 1 amide bonds. The number of amides is 1. The lowest BCUT2D eigenvalue weighted by Gasteiger charge is -2.29. The van der Waals surface area contributed by atoms with Crippen molar-refractivity contribution in [3.63, 3.8) is 0 Å². The van der Waals surface area contributed by atoms with E-state index in [-0.39, 0.29) is 24.8 Å². The van der Waals surface area contributed by atoms with Crippen LogP contribution >= 0.6 is 0 Å². The predicted molar refractivity (Wildman–Crippen MR) is 75.0 cm³/mol. The minimum Gasteiger partial charge on any atom is -0.481 e. The Kier molecular flexibility index (Phi) is 5.27. The summed E-state index contributed by atoms with van der Waals surface area (Å²) in [6.07, 6.45) is 1.43. The van der Waals surface area contributed by atoms with E-state index in [9.17, 15) is 14.0 Å². The number of piperidine rings is 1. The van der Waals surface area contributed by atoms with E-state index in [2.05, 4.69) is 5.32 Å². The fraction of sp³-hybridized carbons (Fsp3) is 0.467. The molecule has 0 radical (unpaired) electrons. The molecule has 0 aliphatic carbocycles. The third-order valence-electron chi connectivity index (χ3n) is 3.66. The van der Waals surface area contributed by atoms with Crippen LogP contribution in [0.3, 0.4) is 0 Å².